The van der Waals surface area contributed by atoms with Crippen LogP contribution in [-0.2, 0) is 20.0 Å². The molecule has 0 amide bonds. The highest BCUT2D eigenvalue weighted by Gasteiger charge is 2.13. The summed E-state index contributed by atoms with van der Waals surface area (Å²) in [5.74, 6) is 0.442. The number of benzene rings is 1. The van der Waals surface area contributed by atoms with Crippen molar-refractivity contribution in [2.75, 3.05) is 20.0 Å². The average Bonchev–Trinajstić information content (AvgIpc) is 2.46. The topological polar surface area (TPSA) is 78.6 Å². The normalized spacial score (nSPS) is 11.7. The molecule has 104 valence electrons. The molecule has 6 heteroatoms. The molecule has 2 N–H and O–H groups in total. The quantitative estimate of drug-likeness (QED) is 0.791. The average molecular weight is 283 g/mol. The molecule has 0 aliphatic heterocycles. The Morgan fingerprint density at radius 3 is 2.37 bits per heavy atom. The van der Waals surface area contributed by atoms with Crippen molar-refractivity contribution in [2.45, 2.75) is 11.8 Å². The van der Waals surface area contributed by atoms with Crippen molar-refractivity contribution in [3.8, 4) is 0 Å². The largest absolute Gasteiger partial charge is 0.468 e. The smallest absolute Gasteiger partial charge is 0.337 e. The van der Waals surface area contributed by atoms with E-state index in [1.54, 1.807) is 12.1 Å². The lowest BCUT2D eigenvalue weighted by molar-refractivity contribution is -0.141. The Morgan fingerprint density at radius 1 is 1.21 bits per heavy atom. The minimum Gasteiger partial charge on any atom is -0.468 e. The van der Waals surface area contributed by atoms with E-state index >= 15 is 0 Å². The Balaban J connectivity index is 2.42. The number of hydrogen-bond acceptors (Lipinski definition) is 6. The van der Waals surface area contributed by atoms with Crippen LogP contribution in [0, 0.1) is 0 Å². The molecular formula is C13H17NO4S. The highest BCUT2D eigenvalue weighted by Crippen LogP contribution is 2.14. The molecule has 0 aromatic heterocycles. The molecule has 5 nitrogen and oxygen atoms in total. The molecule has 0 fully saturated rings. The summed E-state index contributed by atoms with van der Waals surface area (Å²) < 4.78 is 9.16. The standard InChI is InChI=1S/C13H17NO4S/c1-17-12(15)10-5-3-9(4-6-10)7-19-8-11(14)13(16)18-2/h3-6,11H,7-8,14H2,1-2H3. The monoisotopic (exact) mass is 283 g/mol. The number of carbonyl (C=O) groups excluding carboxylic acids is 2. The second-order valence-electron chi connectivity index (χ2n) is 3.83. The zero-order valence-corrected chi connectivity index (χ0v) is 11.7. The predicted octanol–water partition coefficient (Wildman–Crippen LogP) is 1.21. The second-order valence-corrected chi connectivity index (χ2v) is 4.86. The number of methoxy groups -OCH3 is 2. The number of rotatable bonds is 6. The molecule has 1 atom stereocenters. The first-order valence-corrected chi connectivity index (χ1v) is 6.82. The van der Waals surface area contributed by atoms with E-state index in [4.69, 9.17) is 5.73 Å². The van der Waals surface area contributed by atoms with Gasteiger partial charge in [0.2, 0.25) is 0 Å². The van der Waals surface area contributed by atoms with Gasteiger partial charge in [-0.2, -0.15) is 11.8 Å². The van der Waals surface area contributed by atoms with Gasteiger partial charge in [0.05, 0.1) is 19.8 Å². The summed E-state index contributed by atoms with van der Waals surface area (Å²) in [5.41, 5.74) is 7.18. The van der Waals surface area contributed by atoms with E-state index in [9.17, 15) is 9.59 Å². The molecule has 1 aromatic rings. The van der Waals surface area contributed by atoms with Gasteiger partial charge in [-0.15, -0.1) is 0 Å². The zero-order valence-electron chi connectivity index (χ0n) is 10.9. The molecule has 1 unspecified atom stereocenters. The molecule has 0 aliphatic carbocycles. The first-order valence-electron chi connectivity index (χ1n) is 5.67. The van der Waals surface area contributed by atoms with Crippen LogP contribution >= 0.6 is 11.8 Å². The van der Waals surface area contributed by atoms with Crippen molar-refractivity contribution in [1.29, 1.82) is 0 Å². The van der Waals surface area contributed by atoms with Gasteiger partial charge < -0.3 is 15.2 Å². The summed E-state index contributed by atoms with van der Waals surface area (Å²) in [6.07, 6.45) is 0. The summed E-state index contributed by atoms with van der Waals surface area (Å²) in [4.78, 5) is 22.3. The first kappa shape index (κ1) is 15.5. The van der Waals surface area contributed by atoms with Crippen LogP contribution in [0.25, 0.3) is 0 Å². The van der Waals surface area contributed by atoms with Gasteiger partial charge in [-0.05, 0) is 17.7 Å². The van der Waals surface area contributed by atoms with E-state index in [0.717, 1.165) is 5.56 Å². The Morgan fingerprint density at radius 2 is 1.84 bits per heavy atom. The molecule has 0 saturated heterocycles. The van der Waals surface area contributed by atoms with Gasteiger partial charge in [0, 0.05) is 11.5 Å². The third-order valence-corrected chi connectivity index (χ3v) is 3.58. The van der Waals surface area contributed by atoms with Crippen LogP contribution in [0.5, 0.6) is 0 Å². The molecule has 0 bridgehead atoms. The van der Waals surface area contributed by atoms with E-state index in [2.05, 4.69) is 9.47 Å². The van der Waals surface area contributed by atoms with Crippen LogP contribution in [0.1, 0.15) is 15.9 Å². The number of thioether (sulfide) groups is 1. The van der Waals surface area contributed by atoms with Gasteiger partial charge in [-0.1, -0.05) is 12.1 Å². The van der Waals surface area contributed by atoms with Gasteiger partial charge in [-0.25, -0.2) is 4.79 Å². The number of esters is 2. The fourth-order valence-electron chi connectivity index (χ4n) is 1.38. The SMILES string of the molecule is COC(=O)c1ccc(CSCC(N)C(=O)OC)cc1. The Bertz CT molecular complexity index is 433. The molecule has 0 saturated carbocycles. The Hall–Kier alpha value is -1.53. The maximum atomic E-state index is 11.2. The van der Waals surface area contributed by atoms with Crippen molar-refractivity contribution in [3.05, 3.63) is 35.4 Å². The zero-order chi connectivity index (χ0) is 14.3. The summed E-state index contributed by atoms with van der Waals surface area (Å²) in [7, 11) is 2.67. The summed E-state index contributed by atoms with van der Waals surface area (Å²) >= 11 is 1.54. The Kier molecular flexibility index (Phi) is 6.38. The summed E-state index contributed by atoms with van der Waals surface area (Å²) in [5, 5.41) is 0. The fraction of sp³-hybridized carbons (Fsp3) is 0.385. The van der Waals surface area contributed by atoms with Crippen LogP contribution in [0.15, 0.2) is 24.3 Å². The summed E-state index contributed by atoms with van der Waals surface area (Å²) in [6, 6.07) is 6.51. The van der Waals surface area contributed by atoms with Gasteiger partial charge >= 0.3 is 11.9 Å². The number of nitrogens with two attached hydrogens (primary N) is 1. The maximum Gasteiger partial charge on any atom is 0.337 e. The molecule has 0 aliphatic rings. The van der Waals surface area contributed by atoms with E-state index in [-0.39, 0.29) is 5.97 Å². The lowest BCUT2D eigenvalue weighted by Gasteiger charge is -2.08. The highest BCUT2D eigenvalue weighted by molar-refractivity contribution is 7.98. The van der Waals surface area contributed by atoms with Gasteiger partial charge in [-0.3, -0.25) is 4.79 Å². The molecule has 0 heterocycles. The molecule has 0 radical (unpaired) electrons. The third-order valence-electron chi connectivity index (χ3n) is 2.45. The van der Waals surface area contributed by atoms with Crippen LogP contribution in [-0.4, -0.2) is 38.0 Å². The van der Waals surface area contributed by atoms with Crippen molar-refractivity contribution in [2.24, 2.45) is 5.73 Å². The predicted molar refractivity (Wildman–Crippen MR) is 73.9 cm³/mol. The fourth-order valence-corrected chi connectivity index (χ4v) is 2.31. The van der Waals surface area contributed by atoms with Crippen molar-refractivity contribution < 1.29 is 19.1 Å². The highest BCUT2D eigenvalue weighted by atomic mass is 32.2. The van der Waals surface area contributed by atoms with Gasteiger partial charge in [0.25, 0.3) is 0 Å². The summed E-state index contributed by atoms with van der Waals surface area (Å²) in [6.45, 7) is 0. The van der Waals surface area contributed by atoms with Crippen molar-refractivity contribution in [1.82, 2.24) is 0 Å². The maximum absolute atomic E-state index is 11.2. The van der Waals surface area contributed by atoms with E-state index in [1.165, 1.54) is 26.0 Å². The van der Waals surface area contributed by atoms with Gasteiger partial charge in [0.1, 0.15) is 6.04 Å². The van der Waals surface area contributed by atoms with Crippen LogP contribution in [0.3, 0.4) is 0 Å². The minimum atomic E-state index is -0.607. The number of ether oxygens (including phenoxy) is 2. The lowest BCUT2D eigenvalue weighted by atomic mass is 10.1. The number of hydrogen-bond donors (Lipinski definition) is 1. The van der Waals surface area contributed by atoms with E-state index in [1.807, 2.05) is 12.1 Å². The Labute approximate surface area is 116 Å². The van der Waals surface area contributed by atoms with Crippen LogP contribution in [0.2, 0.25) is 0 Å². The van der Waals surface area contributed by atoms with E-state index < -0.39 is 12.0 Å². The molecule has 19 heavy (non-hydrogen) atoms. The second kappa shape index (κ2) is 7.81. The molecule has 1 rings (SSSR count). The minimum absolute atomic E-state index is 0.355. The van der Waals surface area contributed by atoms with E-state index in [0.29, 0.717) is 17.1 Å². The van der Waals surface area contributed by atoms with Crippen LogP contribution in [0.4, 0.5) is 0 Å². The molecule has 0 spiro atoms. The number of carbonyl (C=O) groups is 2. The third kappa shape index (κ3) is 4.92. The van der Waals surface area contributed by atoms with Crippen molar-refractivity contribution >= 4 is 23.7 Å². The lowest BCUT2D eigenvalue weighted by Crippen LogP contribution is -2.33. The van der Waals surface area contributed by atoms with Crippen LogP contribution < -0.4 is 5.73 Å². The first-order chi connectivity index (χ1) is 9.08. The molecule has 1 aromatic carbocycles. The molecular weight excluding hydrogens is 266 g/mol. The van der Waals surface area contributed by atoms with Gasteiger partial charge in [0.15, 0.2) is 0 Å². The van der Waals surface area contributed by atoms with Crippen molar-refractivity contribution in [3.63, 3.8) is 0 Å².